The molecule has 3 rings (SSSR count). The maximum Gasteiger partial charge on any atom is 0.165 e. The van der Waals surface area contributed by atoms with Gasteiger partial charge in [0, 0.05) is 5.56 Å². The molecule has 0 saturated carbocycles. The molecule has 1 unspecified atom stereocenters. The van der Waals surface area contributed by atoms with E-state index in [1.807, 2.05) is 36.4 Å². The van der Waals surface area contributed by atoms with Gasteiger partial charge in [0.2, 0.25) is 0 Å². The molecule has 0 spiro atoms. The van der Waals surface area contributed by atoms with Crippen molar-refractivity contribution in [1.29, 1.82) is 0 Å². The van der Waals surface area contributed by atoms with Crippen LogP contribution in [0.1, 0.15) is 11.7 Å². The van der Waals surface area contributed by atoms with Gasteiger partial charge in [-0.25, -0.2) is 0 Å². The van der Waals surface area contributed by atoms with Crippen LogP contribution in [0.2, 0.25) is 0 Å². The molecule has 2 atom stereocenters. The number of rotatable bonds is 3. The number of hydrogen-bond acceptors (Lipinski definition) is 5. The van der Waals surface area contributed by atoms with E-state index in [1.54, 1.807) is 0 Å². The van der Waals surface area contributed by atoms with Crippen LogP contribution in [0, 0.1) is 0 Å². The van der Waals surface area contributed by atoms with Crippen molar-refractivity contribution in [2.24, 2.45) is 0 Å². The zero-order valence-electron chi connectivity index (χ0n) is 11.5. The van der Waals surface area contributed by atoms with E-state index >= 15 is 0 Å². The fourth-order valence-electron chi connectivity index (χ4n) is 2.57. The zero-order valence-corrected chi connectivity index (χ0v) is 11.5. The number of aliphatic hydroxyl groups is 3. The Morgan fingerprint density at radius 1 is 1.19 bits per heavy atom. The minimum atomic E-state index is -1.22. The van der Waals surface area contributed by atoms with Crippen molar-refractivity contribution in [2.75, 3.05) is 13.7 Å². The number of benzene rings is 2. The monoisotopic (exact) mass is 288 g/mol. The molecule has 0 radical (unpaired) electrons. The molecular weight excluding hydrogens is 272 g/mol. The number of aliphatic hydroxyl groups excluding tert-OH is 3. The van der Waals surface area contributed by atoms with E-state index < -0.39 is 18.8 Å². The Kier molecular flexibility index (Phi) is 3.45. The Hall–Kier alpha value is -2.24. The van der Waals surface area contributed by atoms with Gasteiger partial charge in [-0.1, -0.05) is 24.3 Å². The second kappa shape index (κ2) is 5.27. The zero-order chi connectivity index (χ0) is 15.0. The van der Waals surface area contributed by atoms with Crippen LogP contribution in [0.5, 0.6) is 5.75 Å². The predicted molar refractivity (Wildman–Crippen MR) is 77.1 cm³/mol. The van der Waals surface area contributed by atoms with Crippen LogP contribution < -0.4 is 4.74 Å². The van der Waals surface area contributed by atoms with E-state index in [2.05, 4.69) is 0 Å². The molecule has 110 valence electrons. The average molecular weight is 288 g/mol. The van der Waals surface area contributed by atoms with Crippen molar-refractivity contribution in [3.8, 4) is 5.75 Å². The first-order valence-corrected chi connectivity index (χ1v) is 6.60. The number of fused-ring (bicyclic) bond motifs is 1. The Morgan fingerprint density at radius 3 is 2.43 bits per heavy atom. The quantitative estimate of drug-likeness (QED) is 0.805. The van der Waals surface area contributed by atoms with Gasteiger partial charge in [-0.3, -0.25) is 0 Å². The second-order valence-corrected chi connectivity index (χ2v) is 4.89. The SMILES string of the molecule is COc1cc2ccccc2cc1[C@@H]1OC(CO)=C(O)C1O. The fraction of sp³-hybridized carbons (Fsp3) is 0.250. The van der Waals surface area contributed by atoms with Crippen molar-refractivity contribution in [2.45, 2.75) is 12.2 Å². The lowest BCUT2D eigenvalue weighted by Gasteiger charge is -2.19. The fourth-order valence-corrected chi connectivity index (χ4v) is 2.57. The molecule has 3 N–H and O–H groups in total. The number of ether oxygens (including phenoxy) is 2. The summed E-state index contributed by atoms with van der Waals surface area (Å²) in [6.45, 7) is -0.463. The van der Waals surface area contributed by atoms with Gasteiger partial charge in [0.15, 0.2) is 23.7 Å². The summed E-state index contributed by atoms with van der Waals surface area (Å²) in [5.74, 6) is 0.213. The molecule has 21 heavy (non-hydrogen) atoms. The highest BCUT2D eigenvalue weighted by Crippen LogP contribution is 2.40. The van der Waals surface area contributed by atoms with Crippen LogP contribution in [0.4, 0.5) is 0 Å². The molecule has 0 aromatic heterocycles. The lowest BCUT2D eigenvalue weighted by atomic mass is 9.99. The van der Waals surface area contributed by atoms with Gasteiger partial charge in [0.05, 0.1) is 7.11 Å². The van der Waals surface area contributed by atoms with E-state index in [0.29, 0.717) is 11.3 Å². The molecule has 0 amide bonds. The van der Waals surface area contributed by atoms with E-state index in [0.717, 1.165) is 10.8 Å². The lowest BCUT2D eigenvalue weighted by molar-refractivity contribution is 0.0311. The standard InChI is InChI=1S/C16H16O5/c1-20-12-7-10-5-3-2-4-9(10)6-11(12)16-15(19)14(18)13(8-17)21-16/h2-7,15-19H,8H2,1H3/t15?,16-/m0/s1. The molecule has 5 nitrogen and oxygen atoms in total. The van der Waals surface area contributed by atoms with Gasteiger partial charge in [0.1, 0.15) is 12.4 Å². The maximum absolute atomic E-state index is 10.1. The van der Waals surface area contributed by atoms with Crippen molar-refractivity contribution < 1.29 is 24.8 Å². The molecule has 2 aromatic rings. The average Bonchev–Trinajstić information content (AvgIpc) is 2.81. The highest BCUT2D eigenvalue weighted by molar-refractivity contribution is 5.85. The normalized spacial score (nSPS) is 21.7. The molecule has 1 aliphatic rings. The summed E-state index contributed by atoms with van der Waals surface area (Å²) in [7, 11) is 1.54. The van der Waals surface area contributed by atoms with Crippen LogP contribution in [0.25, 0.3) is 10.8 Å². The third-order valence-electron chi connectivity index (χ3n) is 3.67. The van der Waals surface area contributed by atoms with Gasteiger partial charge in [-0.2, -0.15) is 0 Å². The van der Waals surface area contributed by atoms with Gasteiger partial charge in [-0.05, 0) is 22.9 Å². The van der Waals surface area contributed by atoms with Gasteiger partial charge >= 0.3 is 0 Å². The summed E-state index contributed by atoms with van der Waals surface area (Å²) in [6, 6.07) is 11.5. The Bertz CT molecular complexity index is 707. The van der Waals surface area contributed by atoms with Crippen molar-refractivity contribution >= 4 is 10.8 Å². The van der Waals surface area contributed by atoms with Gasteiger partial charge in [0.25, 0.3) is 0 Å². The summed E-state index contributed by atoms with van der Waals surface area (Å²) in [4.78, 5) is 0. The Labute approximate surface area is 121 Å². The number of methoxy groups -OCH3 is 1. The van der Waals surface area contributed by atoms with E-state index in [-0.39, 0.29) is 11.5 Å². The lowest BCUT2D eigenvalue weighted by Crippen LogP contribution is -2.17. The summed E-state index contributed by atoms with van der Waals surface area (Å²) < 4.78 is 10.8. The first-order valence-electron chi connectivity index (χ1n) is 6.60. The molecule has 1 aliphatic heterocycles. The molecule has 0 saturated heterocycles. The van der Waals surface area contributed by atoms with E-state index in [4.69, 9.17) is 14.6 Å². The molecule has 0 aliphatic carbocycles. The molecular formula is C16H16O5. The first kappa shape index (κ1) is 13.7. The van der Waals surface area contributed by atoms with Crippen LogP contribution in [-0.4, -0.2) is 35.1 Å². The third kappa shape index (κ3) is 2.20. The predicted octanol–water partition coefficient (Wildman–Crippen LogP) is 2.04. The van der Waals surface area contributed by atoms with E-state index in [1.165, 1.54) is 7.11 Å². The van der Waals surface area contributed by atoms with Crippen LogP contribution in [-0.2, 0) is 4.74 Å². The largest absolute Gasteiger partial charge is 0.506 e. The summed E-state index contributed by atoms with van der Waals surface area (Å²) in [6.07, 6.45) is -2.02. The third-order valence-corrected chi connectivity index (χ3v) is 3.67. The molecule has 0 bridgehead atoms. The van der Waals surface area contributed by atoms with Gasteiger partial charge < -0.3 is 24.8 Å². The smallest absolute Gasteiger partial charge is 0.165 e. The molecule has 5 heteroatoms. The van der Waals surface area contributed by atoms with Crippen LogP contribution in [0.3, 0.4) is 0 Å². The molecule has 1 heterocycles. The first-order chi connectivity index (χ1) is 10.2. The van der Waals surface area contributed by atoms with Crippen molar-refractivity contribution in [1.82, 2.24) is 0 Å². The molecule has 0 fully saturated rings. The summed E-state index contributed by atoms with van der Waals surface area (Å²) in [5, 5.41) is 31.0. The maximum atomic E-state index is 10.1. The minimum Gasteiger partial charge on any atom is -0.506 e. The van der Waals surface area contributed by atoms with Crippen molar-refractivity contribution in [3.05, 3.63) is 53.5 Å². The van der Waals surface area contributed by atoms with Crippen molar-refractivity contribution in [3.63, 3.8) is 0 Å². The minimum absolute atomic E-state index is 0.0114. The topological polar surface area (TPSA) is 79.2 Å². The summed E-state index contributed by atoms with van der Waals surface area (Å²) >= 11 is 0. The highest BCUT2D eigenvalue weighted by Gasteiger charge is 2.38. The van der Waals surface area contributed by atoms with Crippen LogP contribution in [0.15, 0.2) is 47.9 Å². The highest BCUT2D eigenvalue weighted by atomic mass is 16.5. The van der Waals surface area contributed by atoms with Crippen LogP contribution >= 0.6 is 0 Å². The number of hydrogen-bond donors (Lipinski definition) is 3. The molecule has 2 aromatic carbocycles. The Morgan fingerprint density at radius 2 is 1.86 bits per heavy atom. The van der Waals surface area contributed by atoms with E-state index in [9.17, 15) is 10.2 Å². The summed E-state index contributed by atoms with van der Waals surface area (Å²) in [5.41, 5.74) is 0.624. The van der Waals surface area contributed by atoms with Gasteiger partial charge in [-0.15, -0.1) is 0 Å². The Balaban J connectivity index is 2.08. The second-order valence-electron chi connectivity index (χ2n) is 4.89.